The van der Waals surface area contributed by atoms with Gasteiger partial charge in [-0.2, -0.15) is 14.9 Å². The zero-order chi connectivity index (χ0) is 28.1. The number of carbonyl (C=O) groups excluding carboxylic acids is 2. The molecule has 3 aromatic rings. The molecular weight excluding hydrogens is 501 g/mol. The molecule has 0 radical (unpaired) electrons. The summed E-state index contributed by atoms with van der Waals surface area (Å²) < 4.78 is 60.7. The van der Waals surface area contributed by atoms with E-state index in [2.05, 4.69) is 0 Å². The molecule has 3 aromatic carbocycles. The van der Waals surface area contributed by atoms with Gasteiger partial charge in [0.15, 0.2) is 11.6 Å². The Morgan fingerprint density at radius 3 is 1.87 bits per heavy atom. The molecule has 0 aliphatic carbocycles. The van der Waals surface area contributed by atoms with Gasteiger partial charge in [-0.3, -0.25) is 0 Å². The van der Waals surface area contributed by atoms with Crippen LogP contribution in [0.5, 0.6) is 11.5 Å². The van der Waals surface area contributed by atoms with Crippen molar-refractivity contribution < 1.29 is 37.0 Å². The minimum atomic E-state index is -1.89. The summed E-state index contributed by atoms with van der Waals surface area (Å²) in [6.07, 6.45) is -1.13. The number of rotatable bonds is 7. The molecule has 0 atom stereocenters. The van der Waals surface area contributed by atoms with E-state index in [4.69, 9.17) is 19.5 Å². The summed E-state index contributed by atoms with van der Waals surface area (Å²) in [5, 5.41) is 18.3. The van der Waals surface area contributed by atoms with E-state index in [-0.39, 0.29) is 11.1 Å². The predicted octanol–water partition coefficient (Wildman–Crippen LogP) is 6.44. The second kappa shape index (κ2) is 11.5. The van der Waals surface area contributed by atoms with Crippen molar-refractivity contribution in [3.63, 3.8) is 0 Å². The lowest BCUT2D eigenvalue weighted by molar-refractivity contribution is 0.0375. The van der Waals surface area contributed by atoms with Crippen molar-refractivity contribution in [2.45, 2.75) is 39.9 Å². The van der Waals surface area contributed by atoms with Crippen LogP contribution in [-0.4, -0.2) is 24.1 Å². The summed E-state index contributed by atoms with van der Waals surface area (Å²) in [7, 11) is 0. The van der Waals surface area contributed by atoms with Crippen LogP contribution < -0.4 is 4.74 Å². The Hall–Kier alpha value is -4.83. The van der Waals surface area contributed by atoms with Gasteiger partial charge in [-0.25, -0.2) is 18.4 Å². The highest BCUT2D eigenvalue weighted by atomic mass is 19.2. The molecule has 7 nitrogen and oxygen atoms in total. The predicted molar refractivity (Wildman–Crippen MR) is 129 cm³/mol. The van der Waals surface area contributed by atoms with Crippen LogP contribution in [0.2, 0.25) is 0 Å². The average Bonchev–Trinajstić information content (AvgIpc) is 2.87. The summed E-state index contributed by atoms with van der Waals surface area (Å²) in [5.74, 6) is -8.97. The van der Waals surface area contributed by atoms with E-state index >= 15 is 4.39 Å². The third kappa shape index (κ3) is 5.60. The average molecular weight is 522 g/mol. The van der Waals surface area contributed by atoms with Crippen molar-refractivity contribution in [2.75, 3.05) is 0 Å². The molecule has 0 bridgehead atoms. The van der Waals surface area contributed by atoms with Gasteiger partial charge in [0.2, 0.25) is 11.6 Å². The Bertz CT molecular complexity index is 1490. The molecule has 0 fully saturated rings. The summed E-state index contributed by atoms with van der Waals surface area (Å²) >= 11 is 0. The maximum atomic E-state index is 15.2. The number of benzene rings is 3. The van der Waals surface area contributed by atoms with Gasteiger partial charge in [0.1, 0.15) is 34.6 Å². The van der Waals surface area contributed by atoms with Crippen LogP contribution in [0.25, 0.3) is 11.1 Å². The largest absolute Gasteiger partial charge is 0.459 e. The molecule has 0 amide bonds. The molecule has 0 aromatic heterocycles. The lowest BCUT2D eigenvalue weighted by Gasteiger charge is -2.19. The lowest BCUT2D eigenvalue weighted by atomic mass is 9.97. The first-order valence-electron chi connectivity index (χ1n) is 11.3. The van der Waals surface area contributed by atoms with Crippen molar-refractivity contribution in [3.8, 4) is 34.8 Å². The van der Waals surface area contributed by atoms with Gasteiger partial charge in [0.05, 0.1) is 17.8 Å². The molecule has 38 heavy (non-hydrogen) atoms. The van der Waals surface area contributed by atoms with Gasteiger partial charge >= 0.3 is 11.9 Å². The third-order valence-corrected chi connectivity index (χ3v) is 5.02. The van der Waals surface area contributed by atoms with Gasteiger partial charge in [-0.15, -0.1) is 0 Å². The first kappa shape index (κ1) is 27.8. The van der Waals surface area contributed by atoms with E-state index < -0.39 is 69.8 Å². The first-order valence-corrected chi connectivity index (χ1v) is 11.3. The molecule has 0 N–H and O–H groups in total. The molecule has 0 saturated carbocycles. The zero-order valence-electron chi connectivity index (χ0n) is 20.8. The molecule has 194 valence electrons. The van der Waals surface area contributed by atoms with Crippen molar-refractivity contribution in [3.05, 3.63) is 82.2 Å². The fraction of sp³-hybridized carbons (Fsp3) is 0.214. The lowest BCUT2D eigenvalue weighted by Crippen LogP contribution is -2.16. The monoisotopic (exact) mass is 522 g/mol. The first-order chi connectivity index (χ1) is 18.0. The highest BCUT2D eigenvalue weighted by Crippen LogP contribution is 2.41. The summed E-state index contributed by atoms with van der Waals surface area (Å²) in [6.45, 7) is 6.36. The van der Waals surface area contributed by atoms with Crippen LogP contribution in [0.3, 0.4) is 0 Å². The SMILES string of the molecule is CC(C)OC(=O)c1cc(C(=O)OC(C)C)c(Oc2c(F)c(F)c(C#N)c(C#N)c2F)c(-c2ccccc2)c1. The number of carbonyl (C=O) groups is 2. The second-order valence-electron chi connectivity index (χ2n) is 8.52. The zero-order valence-corrected chi connectivity index (χ0v) is 20.8. The summed E-state index contributed by atoms with van der Waals surface area (Å²) in [4.78, 5) is 25.9. The fourth-order valence-electron chi connectivity index (χ4n) is 3.44. The van der Waals surface area contributed by atoms with Crippen LogP contribution in [0.15, 0.2) is 42.5 Å². The van der Waals surface area contributed by atoms with E-state index in [0.717, 1.165) is 6.07 Å². The number of esters is 2. The number of nitriles is 2. The summed E-state index contributed by atoms with van der Waals surface area (Å²) in [6, 6.07) is 13.0. The van der Waals surface area contributed by atoms with Crippen molar-refractivity contribution in [2.24, 2.45) is 0 Å². The molecule has 0 heterocycles. The Morgan fingerprint density at radius 1 is 0.763 bits per heavy atom. The Morgan fingerprint density at radius 2 is 1.32 bits per heavy atom. The Kier molecular flexibility index (Phi) is 8.39. The van der Waals surface area contributed by atoms with Crippen molar-refractivity contribution in [1.29, 1.82) is 10.5 Å². The number of halogens is 3. The van der Waals surface area contributed by atoms with Gasteiger partial charge in [0, 0.05) is 5.56 Å². The van der Waals surface area contributed by atoms with E-state index in [1.807, 2.05) is 0 Å². The molecular formula is C28H21F3N2O5. The van der Waals surface area contributed by atoms with E-state index in [1.165, 1.54) is 18.2 Å². The normalized spacial score (nSPS) is 10.6. The highest BCUT2D eigenvalue weighted by molar-refractivity contribution is 6.01. The van der Waals surface area contributed by atoms with E-state index in [1.54, 1.807) is 58.0 Å². The third-order valence-electron chi connectivity index (χ3n) is 5.02. The van der Waals surface area contributed by atoms with Crippen LogP contribution in [-0.2, 0) is 9.47 Å². The molecule has 0 saturated heterocycles. The maximum Gasteiger partial charge on any atom is 0.342 e. The van der Waals surface area contributed by atoms with Crippen LogP contribution >= 0.6 is 0 Å². The van der Waals surface area contributed by atoms with Gasteiger partial charge in [-0.1, -0.05) is 30.3 Å². The number of nitrogens with zero attached hydrogens (tertiary/aromatic N) is 2. The smallest absolute Gasteiger partial charge is 0.342 e. The summed E-state index contributed by atoms with van der Waals surface area (Å²) in [5.41, 5.74) is -2.35. The van der Waals surface area contributed by atoms with Gasteiger partial charge < -0.3 is 14.2 Å². The van der Waals surface area contributed by atoms with Crippen LogP contribution in [0.4, 0.5) is 13.2 Å². The van der Waals surface area contributed by atoms with Crippen molar-refractivity contribution >= 4 is 11.9 Å². The van der Waals surface area contributed by atoms with Gasteiger partial charge in [-0.05, 0) is 45.4 Å². The minimum absolute atomic E-state index is 0.0154. The number of hydrogen-bond acceptors (Lipinski definition) is 7. The highest BCUT2D eigenvalue weighted by Gasteiger charge is 2.31. The maximum absolute atomic E-state index is 15.2. The van der Waals surface area contributed by atoms with Crippen LogP contribution in [0, 0.1) is 40.1 Å². The van der Waals surface area contributed by atoms with Crippen LogP contribution in [0.1, 0.15) is 59.5 Å². The quantitative estimate of drug-likeness (QED) is 0.260. The molecule has 0 aliphatic heterocycles. The number of ether oxygens (including phenoxy) is 3. The second-order valence-corrected chi connectivity index (χ2v) is 8.52. The van der Waals surface area contributed by atoms with Crippen molar-refractivity contribution in [1.82, 2.24) is 0 Å². The molecule has 0 spiro atoms. The topological polar surface area (TPSA) is 109 Å². The minimum Gasteiger partial charge on any atom is -0.459 e. The van der Waals surface area contributed by atoms with Gasteiger partial charge in [0.25, 0.3) is 0 Å². The number of hydrogen-bond donors (Lipinski definition) is 0. The Labute approximate surface area is 216 Å². The van der Waals surface area contributed by atoms with E-state index in [9.17, 15) is 23.6 Å². The molecule has 0 unspecified atom stereocenters. The fourth-order valence-corrected chi connectivity index (χ4v) is 3.44. The molecule has 3 rings (SSSR count). The molecule has 10 heteroatoms. The standard InChI is InChI=1S/C28H21F3N2O5/c1-14(2)36-27(34)17-10-18(16-8-6-5-7-9-16)25(19(11-17)28(35)37-15(3)4)38-26-23(30)21(13-33)20(12-32)22(29)24(26)31/h5-11,14-15H,1-4H3. The Balaban J connectivity index is 2.39. The van der Waals surface area contributed by atoms with E-state index in [0.29, 0.717) is 5.56 Å². The molecule has 0 aliphatic rings.